The van der Waals surface area contributed by atoms with Crippen LogP contribution in [0.2, 0.25) is 0 Å². The first-order chi connectivity index (χ1) is 8.28. The van der Waals surface area contributed by atoms with Gasteiger partial charge in [0.05, 0.1) is 6.10 Å². The third-order valence-corrected chi connectivity index (χ3v) is 4.11. The molecule has 1 amide bonds. The lowest BCUT2D eigenvalue weighted by atomic mass is 9.49. The van der Waals surface area contributed by atoms with E-state index in [0.29, 0.717) is 0 Å². The molecule has 18 heavy (non-hydrogen) atoms. The van der Waals surface area contributed by atoms with E-state index in [1.54, 1.807) is 6.26 Å². The maximum absolute atomic E-state index is 11.5. The molecule has 1 fully saturated rings. The molecule has 0 unspecified atom stereocenters. The molecule has 1 aliphatic carbocycles. The minimum absolute atomic E-state index is 0.00486. The van der Waals surface area contributed by atoms with Gasteiger partial charge in [-0.15, -0.1) is 0 Å². The van der Waals surface area contributed by atoms with Gasteiger partial charge in [0, 0.05) is 23.5 Å². The molecular weight excluding hydrogens is 246 g/mol. The maximum atomic E-state index is 11.5. The lowest BCUT2D eigenvalue weighted by Crippen LogP contribution is -2.73. The molecule has 0 aliphatic heterocycles. The van der Waals surface area contributed by atoms with Crippen molar-refractivity contribution in [1.82, 2.24) is 5.32 Å². The molecule has 0 bridgehead atoms. The van der Waals surface area contributed by atoms with E-state index < -0.39 is 0 Å². The predicted octanol–water partition coefficient (Wildman–Crippen LogP) is 3.92. The Morgan fingerprint density at radius 3 is 2.00 bits per heavy atom. The van der Waals surface area contributed by atoms with Crippen molar-refractivity contribution < 1.29 is 9.53 Å². The average molecular weight is 275 g/mol. The van der Waals surface area contributed by atoms with E-state index in [0.717, 1.165) is 6.61 Å². The highest BCUT2D eigenvalue weighted by atomic mass is 32.2. The first-order valence-corrected chi connectivity index (χ1v) is 7.97. The molecule has 1 rings (SSSR count). The van der Waals surface area contributed by atoms with Crippen LogP contribution >= 0.6 is 11.8 Å². The Kier molecular flexibility index (Phi) is 6.72. The van der Waals surface area contributed by atoms with Gasteiger partial charge in [0.1, 0.15) is 0 Å². The average Bonchev–Trinajstić information content (AvgIpc) is 2.34. The zero-order valence-electron chi connectivity index (χ0n) is 13.1. The molecule has 0 spiro atoms. The lowest BCUT2D eigenvalue weighted by molar-refractivity contribution is -0.205. The number of hydrogen-bond acceptors (Lipinski definition) is 3. The zero-order chi connectivity index (χ0) is 14.6. The molecule has 4 heteroatoms. The fourth-order valence-corrected chi connectivity index (χ4v) is 3.50. The summed E-state index contributed by atoms with van der Waals surface area (Å²) in [7, 11) is 0. The second-order valence-electron chi connectivity index (χ2n) is 5.55. The van der Waals surface area contributed by atoms with E-state index in [4.69, 9.17) is 4.74 Å². The number of amides is 1. The Labute approximate surface area is 116 Å². The second-order valence-corrected chi connectivity index (χ2v) is 6.33. The van der Waals surface area contributed by atoms with Crippen molar-refractivity contribution in [1.29, 1.82) is 0 Å². The topological polar surface area (TPSA) is 38.3 Å². The number of thioether (sulfide) groups is 1. The summed E-state index contributed by atoms with van der Waals surface area (Å²) in [4.78, 5) is 11.5. The van der Waals surface area contributed by atoms with E-state index >= 15 is 0 Å². The largest absolute Gasteiger partial charge is 0.377 e. The van der Waals surface area contributed by atoms with Crippen molar-refractivity contribution in [2.45, 2.75) is 60.6 Å². The Bertz CT molecular complexity index is 261. The maximum Gasteiger partial charge on any atom is 0.279 e. The van der Waals surface area contributed by atoms with Crippen molar-refractivity contribution in [3.05, 3.63) is 0 Å². The highest BCUT2D eigenvalue weighted by Gasteiger charge is 2.62. The number of nitrogens with one attached hydrogen (secondary N) is 1. The fraction of sp³-hybridized carbons (Fsp3) is 0.929. The van der Waals surface area contributed by atoms with Gasteiger partial charge in [-0.25, -0.2) is 0 Å². The summed E-state index contributed by atoms with van der Waals surface area (Å²) < 4.78 is 5.80. The quantitative estimate of drug-likeness (QED) is 0.848. The molecule has 0 atom stereocenters. The molecule has 108 valence electrons. The van der Waals surface area contributed by atoms with E-state index in [9.17, 15) is 4.79 Å². The minimum atomic E-state index is 0.00486. The summed E-state index contributed by atoms with van der Waals surface area (Å²) in [5.74, 6) is 0. The van der Waals surface area contributed by atoms with Crippen molar-refractivity contribution in [2.24, 2.45) is 10.8 Å². The van der Waals surface area contributed by atoms with Gasteiger partial charge in [-0.1, -0.05) is 53.3 Å². The van der Waals surface area contributed by atoms with Gasteiger partial charge in [-0.3, -0.25) is 4.79 Å². The smallest absolute Gasteiger partial charge is 0.279 e. The predicted molar refractivity (Wildman–Crippen MR) is 80.2 cm³/mol. The molecule has 3 nitrogen and oxygen atoms in total. The summed E-state index contributed by atoms with van der Waals surface area (Å²) in [6.07, 6.45) is 2.01. The van der Waals surface area contributed by atoms with Crippen LogP contribution in [-0.4, -0.2) is 30.2 Å². The molecule has 0 aromatic carbocycles. The highest BCUT2D eigenvalue weighted by Crippen LogP contribution is 2.55. The number of carbonyl (C=O) groups is 1. The molecule has 0 aromatic rings. The number of ether oxygens (including phenoxy) is 1. The van der Waals surface area contributed by atoms with Gasteiger partial charge in [-0.05, 0) is 13.2 Å². The van der Waals surface area contributed by atoms with Crippen LogP contribution < -0.4 is 5.32 Å². The lowest BCUT2D eigenvalue weighted by Gasteiger charge is -2.63. The van der Waals surface area contributed by atoms with Crippen molar-refractivity contribution in [2.75, 3.05) is 12.9 Å². The SMILES string of the molecule is CC.CCOC1C(C)(C)C(NC(=O)SC)C1(C)C. The number of hydrogen-bond donors (Lipinski definition) is 1. The van der Waals surface area contributed by atoms with Crippen molar-refractivity contribution in [3.63, 3.8) is 0 Å². The summed E-state index contributed by atoms with van der Waals surface area (Å²) in [5.41, 5.74) is 0.00972. The van der Waals surface area contributed by atoms with Crippen LogP contribution in [0.1, 0.15) is 48.5 Å². The zero-order valence-corrected chi connectivity index (χ0v) is 13.9. The minimum Gasteiger partial charge on any atom is -0.377 e. The van der Waals surface area contributed by atoms with Gasteiger partial charge in [0.2, 0.25) is 0 Å². The number of carbonyl (C=O) groups excluding carboxylic acids is 1. The Hall–Kier alpha value is -0.220. The van der Waals surface area contributed by atoms with Crippen molar-refractivity contribution >= 4 is 17.0 Å². The van der Waals surface area contributed by atoms with Gasteiger partial charge in [-0.2, -0.15) is 0 Å². The van der Waals surface area contributed by atoms with E-state index in [2.05, 4.69) is 33.0 Å². The van der Waals surface area contributed by atoms with Crippen LogP contribution in [0, 0.1) is 10.8 Å². The van der Waals surface area contributed by atoms with E-state index in [1.165, 1.54) is 11.8 Å². The molecule has 1 N–H and O–H groups in total. The van der Waals surface area contributed by atoms with E-state index in [1.807, 2.05) is 20.8 Å². The third-order valence-electron chi connectivity index (χ3n) is 3.62. The van der Waals surface area contributed by atoms with Gasteiger partial charge in [0.25, 0.3) is 5.24 Å². The van der Waals surface area contributed by atoms with Crippen LogP contribution in [0.3, 0.4) is 0 Å². The van der Waals surface area contributed by atoms with Crippen LogP contribution in [0.25, 0.3) is 0 Å². The summed E-state index contributed by atoms with van der Waals surface area (Å²) >= 11 is 1.23. The molecule has 1 saturated carbocycles. The van der Waals surface area contributed by atoms with Crippen LogP contribution in [-0.2, 0) is 4.74 Å². The van der Waals surface area contributed by atoms with E-state index in [-0.39, 0.29) is 28.2 Å². The Morgan fingerprint density at radius 2 is 1.67 bits per heavy atom. The normalized spacial score (nSPS) is 27.6. The molecule has 0 saturated heterocycles. The summed E-state index contributed by atoms with van der Waals surface area (Å²) in [6.45, 7) is 15.4. The summed E-state index contributed by atoms with van der Waals surface area (Å²) in [5, 5.41) is 3.12. The Balaban J connectivity index is 0.00000137. The van der Waals surface area contributed by atoms with Gasteiger partial charge < -0.3 is 10.1 Å². The first kappa shape index (κ1) is 17.8. The monoisotopic (exact) mass is 275 g/mol. The molecular formula is C14H29NO2S. The number of rotatable bonds is 3. The first-order valence-electron chi connectivity index (χ1n) is 6.74. The third kappa shape index (κ3) is 3.21. The Morgan fingerprint density at radius 1 is 1.22 bits per heavy atom. The molecule has 0 heterocycles. The van der Waals surface area contributed by atoms with Crippen LogP contribution in [0.15, 0.2) is 0 Å². The molecule has 0 radical (unpaired) electrons. The van der Waals surface area contributed by atoms with Crippen LogP contribution in [0.5, 0.6) is 0 Å². The molecule has 0 aromatic heterocycles. The molecule has 1 aliphatic rings. The van der Waals surface area contributed by atoms with Gasteiger partial charge >= 0.3 is 0 Å². The standard InChI is InChI=1S/C12H23NO2S.C2H6/c1-7-15-9-11(2,3)8(12(9,4)5)13-10(14)16-6;1-2/h8-9H,7H2,1-6H3,(H,13,14);1-2H3. The van der Waals surface area contributed by atoms with Crippen molar-refractivity contribution in [3.8, 4) is 0 Å². The van der Waals surface area contributed by atoms with Gasteiger partial charge in [0.15, 0.2) is 0 Å². The highest BCUT2D eigenvalue weighted by molar-refractivity contribution is 8.12. The fourth-order valence-electron chi connectivity index (χ4n) is 3.27. The summed E-state index contributed by atoms with van der Waals surface area (Å²) in [6, 6.07) is 0.177. The second kappa shape index (κ2) is 6.80. The van der Waals surface area contributed by atoms with Crippen LogP contribution in [0.4, 0.5) is 4.79 Å².